The molecule has 0 aromatic carbocycles. The normalized spacial score (nSPS) is 10.5. The first-order chi connectivity index (χ1) is 12.5. The maximum Gasteiger partial charge on any atom is 0.222 e. The molecule has 1 atom stereocenters. The van der Waals surface area contributed by atoms with Crippen molar-refractivity contribution in [1.82, 2.24) is 0 Å². The molecular weight excluding hydrogens is 336 g/mol. The molecule has 0 aliphatic heterocycles. The van der Waals surface area contributed by atoms with Gasteiger partial charge in [0.15, 0.2) is 0 Å². The molecule has 0 saturated carbocycles. The maximum absolute atomic E-state index is 9.17. The molecule has 152 valence electrons. The van der Waals surface area contributed by atoms with E-state index in [9.17, 15) is 4.79 Å². The summed E-state index contributed by atoms with van der Waals surface area (Å²) < 4.78 is 20.3. The Labute approximate surface area is 159 Å². The SMILES string of the molecule is C#CC(OCC)OCC.CCC=O.CCOC(C#CC(O)CC)OCC. The monoisotopic (exact) mass is 372 g/mol. The fourth-order valence-corrected chi connectivity index (χ4v) is 1.15. The third-order valence-electron chi connectivity index (χ3n) is 2.33. The molecule has 6 nitrogen and oxygen atoms in total. The van der Waals surface area contributed by atoms with Crippen molar-refractivity contribution in [3.63, 3.8) is 0 Å². The van der Waals surface area contributed by atoms with E-state index in [1.807, 2.05) is 41.5 Å². The van der Waals surface area contributed by atoms with Crippen molar-refractivity contribution in [2.45, 2.75) is 73.1 Å². The molecule has 0 rings (SSSR count). The Hall–Kier alpha value is -1.41. The van der Waals surface area contributed by atoms with E-state index in [-0.39, 0.29) is 0 Å². The van der Waals surface area contributed by atoms with Gasteiger partial charge >= 0.3 is 0 Å². The Morgan fingerprint density at radius 1 is 0.846 bits per heavy atom. The number of carbonyl (C=O) groups excluding carboxylic acids is 1. The van der Waals surface area contributed by atoms with Crippen molar-refractivity contribution in [2.24, 2.45) is 0 Å². The predicted molar refractivity (Wildman–Crippen MR) is 103 cm³/mol. The number of aliphatic hydroxyl groups excluding tert-OH is 1. The lowest BCUT2D eigenvalue weighted by Gasteiger charge is -2.09. The highest BCUT2D eigenvalue weighted by atomic mass is 16.7. The number of hydrogen-bond donors (Lipinski definition) is 1. The average molecular weight is 373 g/mol. The van der Waals surface area contributed by atoms with Crippen molar-refractivity contribution in [2.75, 3.05) is 26.4 Å². The van der Waals surface area contributed by atoms with Gasteiger partial charge in [0.25, 0.3) is 0 Å². The maximum atomic E-state index is 9.17. The number of rotatable bonds is 10. The van der Waals surface area contributed by atoms with Crippen LogP contribution in [0, 0.1) is 24.2 Å². The number of aliphatic hydroxyl groups is 1. The minimum Gasteiger partial charge on any atom is -0.380 e. The van der Waals surface area contributed by atoms with Gasteiger partial charge in [0.2, 0.25) is 12.6 Å². The van der Waals surface area contributed by atoms with Crippen LogP contribution in [0.4, 0.5) is 0 Å². The molecule has 0 fully saturated rings. The Morgan fingerprint density at radius 2 is 1.23 bits per heavy atom. The van der Waals surface area contributed by atoms with E-state index in [4.69, 9.17) is 30.5 Å². The molecular formula is C20H36O6. The van der Waals surface area contributed by atoms with Gasteiger partial charge in [-0.1, -0.05) is 19.8 Å². The van der Waals surface area contributed by atoms with Crippen LogP contribution in [0.1, 0.15) is 54.4 Å². The Balaban J connectivity index is -0.000000352. The zero-order chi connectivity index (χ0) is 20.6. The Bertz CT molecular complexity index is 368. The zero-order valence-electron chi connectivity index (χ0n) is 17.1. The van der Waals surface area contributed by atoms with E-state index >= 15 is 0 Å². The number of carbonyl (C=O) groups is 1. The van der Waals surface area contributed by atoms with E-state index < -0.39 is 18.7 Å². The molecule has 0 saturated heterocycles. The highest BCUT2D eigenvalue weighted by molar-refractivity contribution is 5.48. The lowest BCUT2D eigenvalue weighted by Crippen LogP contribution is -2.15. The van der Waals surface area contributed by atoms with Crippen molar-refractivity contribution in [3.8, 4) is 24.2 Å². The van der Waals surface area contributed by atoms with Gasteiger partial charge in [0.05, 0.1) is 0 Å². The van der Waals surface area contributed by atoms with E-state index in [0.717, 1.165) is 6.29 Å². The van der Waals surface area contributed by atoms with Crippen LogP contribution in [0.3, 0.4) is 0 Å². The van der Waals surface area contributed by atoms with E-state index in [1.165, 1.54) is 0 Å². The van der Waals surface area contributed by atoms with Crippen LogP contribution in [0.2, 0.25) is 0 Å². The van der Waals surface area contributed by atoms with Crippen LogP contribution >= 0.6 is 0 Å². The van der Waals surface area contributed by atoms with Crippen LogP contribution in [0.5, 0.6) is 0 Å². The Kier molecular flexibility index (Phi) is 29.2. The van der Waals surface area contributed by atoms with Crippen molar-refractivity contribution >= 4 is 6.29 Å². The van der Waals surface area contributed by atoms with Crippen LogP contribution in [-0.4, -0.2) is 56.5 Å². The first kappa shape index (κ1) is 29.4. The summed E-state index contributed by atoms with van der Waals surface area (Å²) in [4.78, 5) is 9.17. The van der Waals surface area contributed by atoms with Gasteiger partial charge in [-0.05, 0) is 46.0 Å². The molecule has 0 aliphatic rings. The predicted octanol–water partition coefficient (Wildman–Crippen LogP) is 2.77. The number of aldehydes is 1. The number of ether oxygens (including phenoxy) is 4. The molecule has 0 spiro atoms. The second kappa shape index (κ2) is 25.8. The molecule has 0 aliphatic carbocycles. The first-order valence-electron chi connectivity index (χ1n) is 9.06. The third kappa shape index (κ3) is 24.8. The molecule has 26 heavy (non-hydrogen) atoms. The van der Waals surface area contributed by atoms with Crippen LogP contribution in [-0.2, 0) is 23.7 Å². The summed E-state index contributed by atoms with van der Waals surface area (Å²) in [6.07, 6.45) is 5.64. The molecule has 0 aromatic rings. The summed E-state index contributed by atoms with van der Waals surface area (Å²) >= 11 is 0. The van der Waals surface area contributed by atoms with Gasteiger partial charge in [0.1, 0.15) is 12.4 Å². The minimum absolute atomic E-state index is 0.458. The summed E-state index contributed by atoms with van der Waals surface area (Å²) in [6, 6.07) is 0. The summed E-state index contributed by atoms with van der Waals surface area (Å²) in [5, 5.41) is 9.16. The van der Waals surface area contributed by atoms with E-state index in [0.29, 0.717) is 39.3 Å². The van der Waals surface area contributed by atoms with Gasteiger partial charge < -0.3 is 28.8 Å². The van der Waals surface area contributed by atoms with Gasteiger partial charge in [0, 0.05) is 32.8 Å². The second-order valence-corrected chi connectivity index (χ2v) is 4.44. The standard InChI is InChI=1S/C10H18O3.C7H12O2.C3H6O/c1-4-9(11)7-8-10(12-5-2)13-6-3;1-4-7(8-5-2)9-6-3;1-2-3-4/h9-11H,4-6H2,1-3H3;1,7H,5-6H2,2-3H3;3H,2H2,1H3. The smallest absolute Gasteiger partial charge is 0.222 e. The molecule has 0 heterocycles. The quantitative estimate of drug-likeness (QED) is 0.361. The van der Waals surface area contributed by atoms with Crippen molar-refractivity contribution in [1.29, 1.82) is 0 Å². The fourth-order valence-electron chi connectivity index (χ4n) is 1.15. The highest BCUT2D eigenvalue weighted by Gasteiger charge is 2.02. The fraction of sp³-hybridized carbons (Fsp3) is 0.750. The van der Waals surface area contributed by atoms with Gasteiger partial charge in [-0.3, -0.25) is 0 Å². The van der Waals surface area contributed by atoms with E-state index in [2.05, 4.69) is 17.8 Å². The average Bonchev–Trinajstić information content (AvgIpc) is 2.66. The molecule has 6 heteroatoms. The van der Waals surface area contributed by atoms with Gasteiger partial charge in [-0.25, -0.2) is 0 Å². The summed E-state index contributed by atoms with van der Waals surface area (Å²) in [7, 11) is 0. The largest absolute Gasteiger partial charge is 0.380 e. The summed E-state index contributed by atoms with van der Waals surface area (Å²) in [6.45, 7) is 13.5. The van der Waals surface area contributed by atoms with Crippen LogP contribution in [0.25, 0.3) is 0 Å². The van der Waals surface area contributed by atoms with Crippen molar-refractivity contribution in [3.05, 3.63) is 0 Å². The molecule has 0 amide bonds. The Morgan fingerprint density at radius 3 is 1.50 bits per heavy atom. The van der Waals surface area contributed by atoms with Crippen LogP contribution in [0.15, 0.2) is 0 Å². The van der Waals surface area contributed by atoms with Gasteiger partial charge in [-0.2, -0.15) is 0 Å². The van der Waals surface area contributed by atoms with E-state index in [1.54, 1.807) is 0 Å². The van der Waals surface area contributed by atoms with Gasteiger partial charge in [-0.15, -0.1) is 6.42 Å². The highest BCUT2D eigenvalue weighted by Crippen LogP contribution is 1.94. The number of terminal acetylenes is 1. The number of hydrogen-bond acceptors (Lipinski definition) is 6. The minimum atomic E-state index is -0.580. The lowest BCUT2D eigenvalue weighted by atomic mass is 10.3. The van der Waals surface area contributed by atoms with Crippen LogP contribution < -0.4 is 0 Å². The topological polar surface area (TPSA) is 74.2 Å². The zero-order valence-corrected chi connectivity index (χ0v) is 17.1. The summed E-state index contributed by atoms with van der Waals surface area (Å²) in [5.74, 6) is 7.74. The third-order valence-corrected chi connectivity index (χ3v) is 2.33. The molecule has 1 unspecified atom stereocenters. The summed E-state index contributed by atoms with van der Waals surface area (Å²) in [5.41, 5.74) is 0. The first-order valence-corrected chi connectivity index (χ1v) is 9.06. The molecule has 0 bridgehead atoms. The molecule has 0 aromatic heterocycles. The second-order valence-electron chi connectivity index (χ2n) is 4.44. The van der Waals surface area contributed by atoms with Crippen molar-refractivity contribution < 1.29 is 28.8 Å². The lowest BCUT2D eigenvalue weighted by molar-refractivity contribution is -0.107. The molecule has 0 radical (unpaired) electrons. The molecule has 1 N–H and O–H groups in total.